The number of rotatable bonds is 3. The minimum absolute atomic E-state index is 0.730. The predicted octanol–water partition coefficient (Wildman–Crippen LogP) is 3.60. The maximum Gasteiger partial charge on any atom is 0.337 e. The molecule has 0 unspecified atom stereocenters. The Hall–Kier alpha value is -1.77. The highest BCUT2D eigenvalue weighted by Gasteiger charge is 2.17. The fourth-order valence-corrected chi connectivity index (χ4v) is 2.02. The van der Waals surface area contributed by atoms with Crippen LogP contribution in [0, 0.1) is 6.92 Å². The molecule has 3 nitrogen and oxygen atoms in total. The molecule has 0 spiro atoms. The summed E-state index contributed by atoms with van der Waals surface area (Å²) < 4.78 is 16.3. The normalized spacial score (nSPS) is 10.6. The Morgan fingerprint density at radius 2 is 1.71 bits per heavy atom. The van der Waals surface area contributed by atoms with Gasteiger partial charge in [0.25, 0.3) is 0 Å². The van der Waals surface area contributed by atoms with E-state index in [0.29, 0.717) is 0 Å². The van der Waals surface area contributed by atoms with Crippen molar-refractivity contribution in [1.82, 2.24) is 0 Å². The van der Waals surface area contributed by atoms with E-state index >= 15 is 0 Å². The standard InChI is InChI=1S/C14H17O3/c1-5-12-11-8-14(16-4)13(15-3)7-10(11)6-9(2)17-12/h6-8H,5H2,1-4H3/q+1. The third-order valence-electron chi connectivity index (χ3n) is 2.82. The highest BCUT2D eigenvalue weighted by atomic mass is 16.5. The topological polar surface area (TPSA) is 29.8 Å². The first-order chi connectivity index (χ1) is 8.19. The molecular formula is C14H17O3+. The summed E-state index contributed by atoms with van der Waals surface area (Å²) in [5, 5.41) is 2.19. The van der Waals surface area contributed by atoms with E-state index in [1.54, 1.807) is 14.2 Å². The summed E-state index contributed by atoms with van der Waals surface area (Å²) in [5.41, 5.74) is 0. The van der Waals surface area contributed by atoms with Crippen molar-refractivity contribution in [1.29, 1.82) is 0 Å². The second-order valence-corrected chi connectivity index (χ2v) is 3.93. The first-order valence-electron chi connectivity index (χ1n) is 5.68. The summed E-state index contributed by atoms with van der Waals surface area (Å²) in [6, 6.07) is 5.96. The van der Waals surface area contributed by atoms with Crippen molar-refractivity contribution >= 4 is 10.8 Å². The third-order valence-corrected chi connectivity index (χ3v) is 2.82. The zero-order valence-corrected chi connectivity index (χ0v) is 10.7. The van der Waals surface area contributed by atoms with Crippen LogP contribution in [-0.2, 0) is 6.42 Å². The predicted molar refractivity (Wildman–Crippen MR) is 67.8 cm³/mol. The van der Waals surface area contributed by atoms with E-state index in [4.69, 9.17) is 13.9 Å². The largest absolute Gasteiger partial charge is 0.493 e. The van der Waals surface area contributed by atoms with Gasteiger partial charge >= 0.3 is 11.5 Å². The van der Waals surface area contributed by atoms with Crippen LogP contribution in [0.2, 0.25) is 0 Å². The van der Waals surface area contributed by atoms with E-state index in [0.717, 1.165) is 40.2 Å². The number of benzene rings is 1. The molecule has 2 aromatic rings. The molecule has 0 bridgehead atoms. The third kappa shape index (κ3) is 2.05. The molecule has 3 heteroatoms. The van der Waals surface area contributed by atoms with Crippen LogP contribution in [0.5, 0.6) is 11.5 Å². The van der Waals surface area contributed by atoms with Crippen LogP contribution in [0.3, 0.4) is 0 Å². The number of hydrogen-bond acceptors (Lipinski definition) is 2. The maximum atomic E-state index is 5.72. The Morgan fingerprint density at radius 3 is 2.29 bits per heavy atom. The van der Waals surface area contributed by atoms with Gasteiger partial charge in [0.15, 0.2) is 11.5 Å². The summed E-state index contributed by atoms with van der Waals surface area (Å²) in [4.78, 5) is 0. The van der Waals surface area contributed by atoms with E-state index < -0.39 is 0 Å². The molecule has 90 valence electrons. The summed E-state index contributed by atoms with van der Waals surface area (Å²) in [6.45, 7) is 4.03. The Kier molecular flexibility index (Phi) is 3.18. The van der Waals surface area contributed by atoms with Gasteiger partial charge in [-0.3, -0.25) is 0 Å². The zero-order chi connectivity index (χ0) is 12.4. The van der Waals surface area contributed by atoms with E-state index in [1.807, 2.05) is 25.1 Å². The van der Waals surface area contributed by atoms with Crippen molar-refractivity contribution in [2.24, 2.45) is 0 Å². The van der Waals surface area contributed by atoms with Crippen LogP contribution in [-0.4, -0.2) is 14.2 Å². The molecule has 0 N–H and O–H groups in total. The SMILES string of the molecule is CCc1[o+]c(C)cc2cc(OC)c(OC)cc12. The summed E-state index contributed by atoms with van der Waals surface area (Å²) in [7, 11) is 3.28. The molecule has 0 fully saturated rings. The van der Waals surface area contributed by atoms with Crippen LogP contribution in [0.15, 0.2) is 22.6 Å². The van der Waals surface area contributed by atoms with Crippen molar-refractivity contribution in [2.75, 3.05) is 14.2 Å². The zero-order valence-electron chi connectivity index (χ0n) is 10.7. The van der Waals surface area contributed by atoms with E-state index in [2.05, 4.69) is 6.92 Å². The number of ether oxygens (including phenoxy) is 2. The Labute approximate surface area is 101 Å². The first-order valence-corrected chi connectivity index (χ1v) is 5.68. The summed E-state index contributed by atoms with van der Waals surface area (Å²) >= 11 is 0. The number of fused-ring (bicyclic) bond motifs is 1. The molecule has 17 heavy (non-hydrogen) atoms. The number of aryl methyl sites for hydroxylation is 2. The van der Waals surface area contributed by atoms with Crippen LogP contribution in [0.25, 0.3) is 10.8 Å². The van der Waals surface area contributed by atoms with Crippen molar-refractivity contribution in [3.63, 3.8) is 0 Å². The van der Waals surface area contributed by atoms with Crippen LogP contribution < -0.4 is 9.47 Å². The lowest BCUT2D eigenvalue weighted by molar-refractivity contribution is 0.355. The van der Waals surface area contributed by atoms with Gasteiger partial charge in [0.05, 0.1) is 33.0 Å². The Balaban J connectivity index is 2.77. The fourth-order valence-electron chi connectivity index (χ4n) is 2.02. The maximum absolute atomic E-state index is 5.72. The first kappa shape index (κ1) is 11.7. The molecule has 0 aliphatic heterocycles. The molecule has 1 heterocycles. The Bertz CT molecular complexity index is 547. The van der Waals surface area contributed by atoms with Crippen LogP contribution >= 0.6 is 0 Å². The van der Waals surface area contributed by atoms with Gasteiger partial charge in [0.1, 0.15) is 0 Å². The van der Waals surface area contributed by atoms with Crippen molar-refractivity contribution in [2.45, 2.75) is 20.3 Å². The van der Waals surface area contributed by atoms with Gasteiger partial charge in [0, 0.05) is 17.5 Å². The highest BCUT2D eigenvalue weighted by Crippen LogP contribution is 2.34. The fraction of sp³-hybridized carbons (Fsp3) is 0.357. The van der Waals surface area contributed by atoms with Crippen LogP contribution in [0.1, 0.15) is 18.4 Å². The molecule has 0 aliphatic carbocycles. The molecule has 0 amide bonds. The quantitative estimate of drug-likeness (QED) is 0.759. The van der Waals surface area contributed by atoms with Crippen LogP contribution in [0.4, 0.5) is 0 Å². The smallest absolute Gasteiger partial charge is 0.337 e. The van der Waals surface area contributed by atoms with Crippen molar-refractivity contribution < 1.29 is 13.9 Å². The average molecular weight is 233 g/mol. The van der Waals surface area contributed by atoms with Crippen molar-refractivity contribution in [3.05, 3.63) is 29.7 Å². The lowest BCUT2D eigenvalue weighted by atomic mass is 10.1. The van der Waals surface area contributed by atoms with Gasteiger partial charge in [0.2, 0.25) is 0 Å². The lowest BCUT2D eigenvalue weighted by Gasteiger charge is -2.08. The van der Waals surface area contributed by atoms with Gasteiger partial charge in [-0.1, -0.05) is 6.92 Å². The van der Waals surface area contributed by atoms with Gasteiger partial charge in [-0.25, -0.2) is 4.42 Å². The molecule has 0 saturated heterocycles. The minimum Gasteiger partial charge on any atom is -0.493 e. The molecule has 2 rings (SSSR count). The van der Waals surface area contributed by atoms with E-state index in [1.165, 1.54) is 0 Å². The molecular weight excluding hydrogens is 216 g/mol. The minimum atomic E-state index is 0.730. The van der Waals surface area contributed by atoms with Gasteiger partial charge in [-0.2, -0.15) is 0 Å². The molecule has 1 aromatic heterocycles. The molecule has 0 saturated carbocycles. The average Bonchev–Trinajstić information content (AvgIpc) is 2.35. The van der Waals surface area contributed by atoms with Gasteiger partial charge in [-0.15, -0.1) is 0 Å². The second kappa shape index (κ2) is 4.62. The highest BCUT2D eigenvalue weighted by molar-refractivity contribution is 5.87. The summed E-state index contributed by atoms with van der Waals surface area (Å²) in [5.74, 6) is 3.35. The molecule has 0 aliphatic rings. The monoisotopic (exact) mass is 233 g/mol. The van der Waals surface area contributed by atoms with Crippen molar-refractivity contribution in [3.8, 4) is 11.5 Å². The molecule has 1 aromatic carbocycles. The van der Waals surface area contributed by atoms with E-state index in [9.17, 15) is 0 Å². The number of methoxy groups -OCH3 is 2. The Morgan fingerprint density at radius 1 is 1.06 bits per heavy atom. The number of hydrogen-bond donors (Lipinski definition) is 0. The van der Waals surface area contributed by atoms with Gasteiger partial charge < -0.3 is 9.47 Å². The van der Waals surface area contributed by atoms with E-state index in [-0.39, 0.29) is 0 Å². The summed E-state index contributed by atoms with van der Waals surface area (Å²) in [6.07, 6.45) is 0.855. The lowest BCUT2D eigenvalue weighted by Crippen LogP contribution is -1.93. The second-order valence-electron chi connectivity index (χ2n) is 3.93. The van der Waals surface area contributed by atoms with Gasteiger partial charge in [-0.05, 0) is 6.07 Å². The molecule has 0 radical (unpaired) electrons. The molecule has 0 atom stereocenters.